The Hall–Kier alpha value is -2.36. The first-order valence-corrected chi connectivity index (χ1v) is 8.11. The molecule has 1 aliphatic heterocycles. The molecule has 0 amide bonds. The highest BCUT2D eigenvalue weighted by Crippen LogP contribution is 2.22. The average Bonchev–Trinajstić information content (AvgIpc) is 2.87. The van der Waals surface area contributed by atoms with Crippen molar-refractivity contribution in [2.45, 2.75) is 26.0 Å². The number of benzene rings is 1. The quantitative estimate of drug-likeness (QED) is 0.874. The molecule has 0 spiro atoms. The number of aryl methyl sites for hydroxylation is 2. The fraction of sp³-hybridized carbons (Fsp3) is 0.444. The largest absolute Gasteiger partial charge is 0.491 e. The average molecular weight is 326 g/mol. The zero-order valence-corrected chi connectivity index (χ0v) is 14.0. The molecule has 0 bridgehead atoms. The van der Waals surface area contributed by atoms with E-state index in [1.807, 2.05) is 6.92 Å². The standard InChI is InChI=1S/C18H22N4O2/c1-13-7-14(2)22(20-13)16-9-21(10-16)11-17(23)12-24-18-5-3-15(8-19)4-6-18/h3-7,16-17,23H,9-12H2,1-2H3. The van der Waals surface area contributed by atoms with Crippen molar-refractivity contribution in [3.05, 3.63) is 47.3 Å². The summed E-state index contributed by atoms with van der Waals surface area (Å²) >= 11 is 0. The highest BCUT2D eigenvalue weighted by Gasteiger charge is 2.30. The number of aliphatic hydroxyl groups is 1. The Labute approximate surface area is 141 Å². The Morgan fingerprint density at radius 1 is 1.33 bits per heavy atom. The van der Waals surface area contributed by atoms with E-state index >= 15 is 0 Å². The van der Waals surface area contributed by atoms with Gasteiger partial charge in [-0.1, -0.05) is 0 Å². The van der Waals surface area contributed by atoms with Gasteiger partial charge in [-0.25, -0.2) is 0 Å². The SMILES string of the molecule is Cc1cc(C)n(C2CN(CC(O)COc3ccc(C#N)cc3)C2)n1. The molecule has 2 aromatic rings. The molecule has 1 aromatic heterocycles. The molecular weight excluding hydrogens is 304 g/mol. The first kappa shape index (κ1) is 16.5. The van der Waals surface area contributed by atoms with Crippen LogP contribution in [0.3, 0.4) is 0 Å². The first-order chi connectivity index (χ1) is 11.5. The van der Waals surface area contributed by atoms with Gasteiger partial charge in [0.2, 0.25) is 0 Å². The van der Waals surface area contributed by atoms with Crippen LogP contribution in [0.5, 0.6) is 5.75 Å². The van der Waals surface area contributed by atoms with E-state index in [1.54, 1.807) is 24.3 Å². The van der Waals surface area contributed by atoms with Crippen LogP contribution in [0.25, 0.3) is 0 Å². The van der Waals surface area contributed by atoms with E-state index in [0.29, 0.717) is 23.9 Å². The molecule has 6 nitrogen and oxygen atoms in total. The summed E-state index contributed by atoms with van der Waals surface area (Å²) in [5.74, 6) is 0.664. The molecule has 1 saturated heterocycles. The lowest BCUT2D eigenvalue weighted by Gasteiger charge is -2.40. The normalized spacial score (nSPS) is 16.4. The van der Waals surface area contributed by atoms with Crippen molar-refractivity contribution < 1.29 is 9.84 Å². The topological polar surface area (TPSA) is 74.3 Å². The van der Waals surface area contributed by atoms with Crippen LogP contribution in [0.1, 0.15) is 23.0 Å². The Morgan fingerprint density at radius 3 is 2.62 bits per heavy atom. The number of nitriles is 1. The van der Waals surface area contributed by atoms with Gasteiger partial charge in [0.15, 0.2) is 0 Å². The van der Waals surface area contributed by atoms with Crippen LogP contribution in [-0.2, 0) is 0 Å². The van der Waals surface area contributed by atoms with Gasteiger partial charge >= 0.3 is 0 Å². The zero-order chi connectivity index (χ0) is 17.1. The lowest BCUT2D eigenvalue weighted by atomic mass is 10.1. The van der Waals surface area contributed by atoms with E-state index < -0.39 is 6.10 Å². The number of ether oxygens (including phenoxy) is 1. The van der Waals surface area contributed by atoms with E-state index in [2.05, 4.69) is 33.7 Å². The second-order valence-electron chi connectivity index (χ2n) is 6.35. The third-order valence-electron chi connectivity index (χ3n) is 4.22. The fourth-order valence-corrected chi connectivity index (χ4v) is 3.03. The highest BCUT2D eigenvalue weighted by atomic mass is 16.5. The molecule has 0 saturated carbocycles. The summed E-state index contributed by atoms with van der Waals surface area (Å²) in [6.07, 6.45) is -0.540. The predicted molar refractivity (Wildman–Crippen MR) is 89.8 cm³/mol. The van der Waals surface area contributed by atoms with E-state index in [9.17, 15) is 5.11 Å². The summed E-state index contributed by atoms with van der Waals surface area (Å²) in [5.41, 5.74) is 2.82. The van der Waals surface area contributed by atoms with Crippen molar-refractivity contribution in [3.8, 4) is 11.8 Å². The van der Waals surface area contributed by atoms with Gasteiger partial charge in [0.25, 0.3) is 0 Å². The van der Waals surface area contributed by atoms with Gasteiger partial charge in [0.1, 0.15) is 18.5 Å². The molecule has 6 heteroatoms. The van der Waals surface area contributed by atoms with Crippen molar-refractivity contribution in [3.63, 3.8) is 0 Å². The molecule has 126 valence electrons. The van der Waals surface area contributed by atoms with Gasteiger partial charge in [-0.15, -0.1) is 0 Å². The summed E-state index contributed by atoms with van der Waals surface area (Å²) in [7, 11) is 0. The minimum atomic E-state index is -0.540. The number of likely N-dealkylation sites (tertiary alicyclic amines) is 1. The Balaban J connectivity index is 1.41. The molecule has 1 unspecified atom stereocenters. The number of nitrogens with zero attached hydrogens (tertiary/aromatic N) is 4. The minimum Gasteiger partial charge on any atom is -0.491 e. The van der Waals surface area contributed by atoms with Crippen LogP contribution in [0.15, 0.2) is 30.3 Å². The van der Waals surface area contributed by atoms with Crippen LogP contribution in [0.2, 0.25) is 0 Å². The third kappa shape index (κ3) is 3.75. The molecule has 24 heavy (non-hydrogen) atoms. The second kappa shape index (κ2) is 7.04. The summed E-state index contributed by atoms with van der Waals surface area (Å²) in [5, 5.41) is 23.4. The Bertz CT molecular complexity index is 726. The summed E-state index contributed by atoms with van der Waals surface area (Å²) in [6.45, 7) is 6.71. The van der Waals surface area contributed by atoms with Gasteiger partial charge in [0, 0.05) is 25.3 Å². The van der Waals surface area contributed by atoms with E-state index in [0.717, 1.165) is 18.8 Å². The van der Waals surface area contributed by atoms with Crippen LogP contribution in [-0.4, -0.2) is 52.1 Å². The number of aromatic nitrogens is 2. The molecule has 1 atom stereocenters. The van der Waals surface area contributed by atoms with Gasteiger partial charge in [-0.3, -0.25) is 9.58 Å². The number of hydrogen-bond acceptors (Lipinski definition) is 5. The molecule has 0 radical (unpaired) electrons. The minimum absolute atomic E-state index is 0.243. The molecule has 1 aliphatic rings. The lowest BCUT2D eigenvalue weighted by Crippen LogP contribution is -2.51. The van der Waals surface area contributed by atoms with Crippen molar-refractivity contribution in [1.29, 1.82) is 5.26 Å². The van der Waals surface area contributed by atoms with Crippen LogP contribution in [0.4, 0.5) is 0 Å². The highest BCUT2D eigenvalue weighted by molar-refractivity contribution is 5.34. The van der Waals surface area contributed by atoms with E-state index in [1.165, 1.54) is 5.69 Å². The van der Waals surface area contributed by atoms with Crippen LogP contribution in [0, 0.1) is 25.2 Å². The first-order valence-electron chi connectivity index (χ1n) is 8.11. The lowest BCUT2D eigenvalue weighted by molar-refractivity contribution is 0.0199. The summed E-state index contributed by atoms with van der Waals surface area (Å²) in [4.78, 5) is 2.20. The maximum Gasteiger partial charge on any atom is 0.119 e. The number of aliphatic hydroxyl groups excluding tert-OH is 1. The number of rotatable bonds is 6. The molecule has 1 aromatic carbocycles. The van der Waals surface area contributed by atoms with Crippen LogP contribution >= 0.6 is 0 Å². The van der Waals surface area contributed by atoms with E-state index in [4.69, 9.17) is 10.00 Å². The maximum absolute atomic E-state index is 10.1. The van der Waals surface area contributed by atoms with Crippen molar-refractivity contribution in [2.24, 2.45) is 0 Å². The van der Waals surface area contributed by atoms with Gasteiger partial charge in [-0.05, 0) is 44.2 Å². The predicted octanol–water partition coefficient (Wildman–Crippen LogP) is 1.67. The van der Waals surface area contributed by atoms with Gasteiger partial charge in [0.05, 0.1) is 23.4 Å². The molecule has 1 fully saturated rings. The smallest absolute Gasteiger partial charge is 0.119 e. The zero-order valence-electron chi connectivity index (χ0n) is 14.0. The monoisotopic (exact) mass is 326 g/mol. The Kier molecular flexibility index (Phi) is 4.84. The molecule has 0 aliphatic carbocycles. The maximum atomic E-state index is 10.1. The third-order valence-corrected chi connectivity index (χ3v) is 4.22. The second-order valence-corrected chi connectivity index (χ2v) is 6.35. The number of β-amino-alcohol motifs (C(OH)–C–C–N with tert-alkyl or cyclic N) is 1. The van der Waals surface area contributed by atoms with Gasteiger partial charge < -0.3 is 9.84 Å². The molecule has 2 heterocycles. The van der Waals surface area contributed by atoms with Gasteiger partial charge in [-0.2, -0.15) is 10.4 Å². The molecule has 3 rings (SSSR count). The number of hydrogen-bond donors (Lipinski definition) is 1. The Morgan fingerprint density at radius 2 is 2.04 bits per heavy atom. The molecule has 1 N–H and O–H groups in total. The summed E-state index contributed by atoms with van der Waals surface area (Å²) < 4.78 is 7.64. The molecular formula is C18H22N4O2. The fourth-order valence-electron chi connectivity index (χ4n) is 3.03. The van der Waals surface area contributed by atoms with Crippen molar-refractivity contribution in [2.75, 3.05) is 26.2 Å². The van der Waals surface area contributed by atoms with Crippen LogP contribution < -0.4 is 4.74 Å². The van der Waals surface area contributed by atoms with Crippen molar-refractivity contribution in [1.82, 2.24) is 14.7 Å². The van der Waals surface area contributed by atoms with E-state index in [-0.39, 0.29) is 6.61 Å². The van der Waals surface area contributed by atoms with Crippen molar-refractivity contribution >= 4 is 0 Å². The summed E-state index contributed by atoms with van der Waals surface area (Å²) in [6, 6.07) is 11.4.